The molecule has 0 saturated heterocycles. The van der Waals surface area contributed by atoms with E-state index in [0.29, 0.717) is 0 Å². The summed E-state index contributed by atoms with van der Waals surface area (Å²) in [6.07, 6.45) is 1.67. The lowest BCUT2D eigenvalue weighted by Crippen LogP contribution is -2.51. The Bertz CT molecular complexity index is 251. The zero-order valence-electron chi connectivity index (χ0n) is 6.76. The number of aliphatic imine (C=N–C) groups is 2. The van der Waals surface area contributed by atoms with Crippen molar-refractivity contribution < 1.29 is 24.9 Å². The normalized spacial score (nSPS) is 15.1. The van der Waals surface area contributed by atoms with Crippen molar-refractivity contribution in [2.45, 2.75) is 25.0 Å². The summed E-state index contributed by atoms with van der Waals surface area (Å²) in [7, 11) is 0. The Labute approximate surface area is 73.1 Å². The SMILES string of the molecule is CCC(N=C=O)(N=C=O)C(O)(O)O. The van der Waals surface area contributed by atoms with Crippen molar-refractivity contribution in [2.75, 3.05) is 0 Å². The number of carbonyl (C=O) groups excluding carboxylic acids is 2. The molecule has 0 aromatic carbocycles. The number of aliphatic hydroxyl groups is 3. The average Bonchev–Trinajstić information content (AvgIpc) is 2.02. The van der Waals surface area contributed by atoms with E-state index in [2.05, 4.69) is 9.98 Å². The van der Waals surface area contributed by atoms with Gasteiger partial charge in [-0.05, 0) is 6.42 Å². The van der Waals surface area contributed by atoms with E-state index in [1.807, 2.05) is 0 Å². The van der Waals surface area contributed by atoms with Gasteiger partial charge in [0.25, 0.3) is 5.66 Å². The number of isocyanates is 2. The third-order valence-electron chi connectivity index (χ3n) is 1.49. The molecule has 3 N–H and O–H groups in total. The van der Waals surface area contributed by atoms with Gasteiger partial charge in [0.1, 0.15) is 0 Å². The highest BCUT2D eigenvalue weighted by Crippen LogP contribution is 2.26. The minimum atomic E-state index is -3.39. The first kappa shape index (κ1) is 11.6. The average molecular weight is 188 g/mol. The summed E-state index contributed by atoms with van der Waals surface area (Å²) in [6.45, 7) is 1.33. The maximum absolute atomic E-state index is 9.89. The maximum atomic E-state index is 9.89. The molecule has 0 unspecified atom stereocenters. The first-order chi connectivity index (χ1) is 5.93. The maximum Gasteiger partial charge on any atom is 0.325 e. The highest BCUT2D eigenvalue weighted by atomic mass is 16.7. The lowest BCUT2D eigenvalue weighted by molar-refractivity contribution is -0.346. The lowest BCUT2D eigenvalue weighted by atomic mass is 10.1. The van der Waals surface area contributed by atoms with E-state index >= 15 is 0 Å². The summed E-state index contributed by atoms with van der Waals surface area (Å²) in [4.78, 5) is 25.5. The molecule has 72 valence electrons. The van der Waals surface area contributed by atoms with Crippen LogP contribution in [0.5, 0.6) is 0 Å². The third kappa shape index (κ3) is 2.29. The van der Waals surface area contributed by atoms with Gasteiger partial charge in [-0.1, -0.05) is 6.92 Å². The van der Waals surface area contributed by atoms with Gasteiger partial charge in [0, 0.05) is 0 Å². The molecule has 0 aliphatic heterocycles. The molecule has 0 aromatic rings. The van der Waals surface area contributed by atoms with Crippen molar-refractivity contribution in [2.24, 2.45) is 9.98 Å². The highest BCUT2D eigenvalue weighted by molar-refractivity contribution is 5.39. The Morgan fingerprint density at radius 2 is 1.54 bits per heavy atom. The van der Waals surface area contributed by atoms with Crippen LogP contribution in [0.4, 0.5) is 0 Å². The van der Waals surface area contributed by atoms with Gasteiger partial charge in [-0.15, -0.1) is 0 Å². The number of hydrogen-bond acceptors (Lipinski definition) is 7. The molecule has 0 bridgehead atoms. The monoisotopic (exact) mass is 188 g/mol. The fraction of sp³-hybridized carbons (Fsp3) is 0.667. The Balaban J connectivity index is 5.34. The van der Waals surface area contributed by atoms with Gasteiger partial charge in [0.15, 0.2) is 0 Å². The largest absolute Gasteiger partial charge is 0.340 e. The van der Waals surface area contributed by atoms with Crippen molar-refractivity contribution in [1.82, 2.24) is 0 Å². The molecule has 0 aliphatic carbocycles. The second-order valence-electron chi connectivity index (χ2n) is 2.21. The Morgan fingerprint density at radius 3 is 1.69 bits per heavy atom. The van der Waals surface area contributed by atoms with E-state index in [0.717, 1.165) is 12.2 Å². The van der Waals surface area contributed by atoms with Gasteiger partial charge in [0.05, 0.1) is 0 Å². The second-order valence-corrected chi connectivity index (χ2v) is 2.21. The van der Waals surface area contributed by atoms with Crippen molar-refractivity contribution in [3.05, 3.63) is 0 Å². The summed E-state index contributed by atoms with van der Waals surface area (Å²) in [6, 6.07) is 0. The summed E-state index contributed by atoms with van der Waals surface area (Å²) < 4.78 is 0. The smallest absolute Gasteiger partial charge is 0.325 e. The predicted octanol–water partition coefficient (Wildman–Crippen LogP) is -1.61. The first-order valence-electron chi connectivity index (χ1n) is 3.28. The topological polar surface area (TPSA) is 120 Å². The van der Waals surface area contributed by atoms with E-state index in [-0.39, 0.29) is 6.42 Å². The first-order valence-corrected chi connectivity index (χ1v) is 3.28. The van der Waals surface area contributed by atoms with E-state index in [1.165, 1.54) is 6.92 Å². The lowest BCUT2D eigenvalue weighted by Gasteiger charge is -2.28. The Morgan fingerprint density at radius 1 is 1.15 bits per heavy atom. The molecule has 0 fully saturated rings. The van der Waals surface area contributed by atoms with Crippen LogP contribution in [-0.2, 0) is 9.59 Å². The van der Waals surface area contributed by atoms with Crippen LogP contribution in [0.1, 0.15) is 13.3 Å². The Hall–Kier alpha value is -1.36. The Kier molecular flexibility index (Phi) is 3.62. The summed E-state index contributed by atoms with van der Waals surface area (Å²) >= 11 is 0. The fourth-order valence-corrected chi connectivity index (χ4v) is 0.721. The zero-order chi connectivity index (χ0) is 10.5. The molecule has 7 nitrogen and oxygen atoms in total. The van der Waals surface area contributed by atoms with Gasteiger partial charge >= 0.3 is 5.97 Å². The number of nitrogens with zero attached hydrogens (tertiary/aromatic N) is 2. The second kappa shape index (κ2) is 4.04. The molecule has 0 aliphatic rings. The van der Waals surface area contributed by atoms with Crippen LogP contribution in [0.3, 0.4) is 0 Å². The van der Waals surface area contributed by atoms with Gasteiger partial charge in [0.2, 0.25) is 12.2 Å². The van der Waals surface area contributed by atoms with Crippen LogP contribution >= 0.6 is 0 Å². The molecule has 0 spiro atoms. The molecule has 13 heavy (non-hydrogen) atoms. The molecule has 0 heterocycles. The zero-order valence-corrected chi connectivity index (χ0v) is 6.76. The minimum Gasteiger partial charge on any atom is -0.340 e. The van der Waals surface area contributed by atoms with Gasteiger partial charge in [-0.3, -0.25) is 0 Å². The van der Waals surface area contributed by atoms with Gasteiger partial charge in [-0.2, -0.15) is 9.98 Å². The summed E-state index contributed by atoms with van der Waals surface area (Å²) in [5.41, 5.74) is -2.35. The molecular weight excluding hydrogens is 180 g/mol. The van der Waals surface area contributed by atoms with Crippen molar-refractivity contribution in [3.63, 3.8) is 0 Å². The van der Waals surface area contributed by atoms with Crippen LogP contribution in [0.2, 0.25) is 0 Å². The summed E-state index contributed by atoms with van der Waals surface area (Å²) in [5.74, 6) is -3.39. The van der Waals surface area contributed by atoms with Crippen LogP contribution in [-0.4, -0.2) is 39.1 Å². The summed E-state index contributed by atoms with van der Waals surface area (Å²) in [5, 5.41) is 26.3. The molecule has 0 aromatic heterocycles. The van der Waals surface area contributed by atoms with Crippen LogP contribution < -0.4 is 0 Å². The molecule has 0 amide bonds. The molecular formula is C6H8N2O5. The fourth-order valence-electron chi connectivity index (χ4n) is 0.721. The number of hydrogen-bond donors (Lipinski definition) is 3. The quantitative estimate of drug-likeness (QED) is 0.278. The molecule has 7 heteroatoms. The highest BCUT2D eigenvalue weighted by Gasteiger charge is 2.49. The van der Waals surface area contributed by atoms with Crippen LogP contribution in [0.15, 0.2) is 9.98 Å². The van der Waals surface area contributed by atoms with Crippen molar-refractivity contribution >= 4 is 12.2 Å². The van der Waals surface area contributed by atoms with E-state index in [1.54, 1.807) is 0 Å². The van der Waals surface area contributed by atoms with E-state index < -0.39 is 11.6 Å². The van der Waals surface area contributed by atoms with Gasteiger partial charge < -0.3 is 15.3 Å². The van der Waals surface area contributed by atoms with Crippen molar-refractivity contribution in [1.29, 1.82) is 0 Å². The van der Waals surface area contributed by atoms with Crippen molar-refractivity contribution in [3.8, 4) is 0 Å². The third-order valence-corrected chi connectivity index (χ3v) is 1.49. The van der Waals surface area contributed by atoms with E-state index in [9.17, 15) is 9.59 Å². The van der Waals surface area contributed by atoms with Gasteiger partial charge in [-0.25, -0.2) is 9.59 Å². The molecule has 0 rings (SSSR count). The molecule has 0 saturated carbocycles. The van der Waals surface area contributed by atoms with Crippen LogP contribution in [0.25, 0.3) is 0 Å². The predicted molar refractivity (Wildman–Crippen MR) is 38.7 cm³/mol. The van der Waals surface area contributed by atoms with Crippen LogP contribution in [0, 0.1) is 0 Å². The molecule has 0 radical (unpaired) electrons. The standard InChI is InChI=1S/C6H8N2O5/c1-2-5(7-3-9,8-4-10)6(11,12)13/h11-13H,2H2,1H3. The van der Waals surface area contributed by atoms with E-state index in [4.69, 9.17) is 15.3 Å². The molecule has 0 atom stereocenters. The minimum absolute atomic E-state index is 0.277. The number of rotatable bonds is 4.